The number of carboxylic acids is 1. The van der Waals surface area contributed by atoms with Crippen LogP contribution in [-0.2, 0) is 16.0 Å². The molecule has 0 bridgehead atoms. The summed E-state index contributed by atoms with van der Waals surface area (Å²) in [5, 5.41) is 10.1. The molecule has 1 saturated heterocycles. The van der Waals surface area contributed by atoms with Gasteiger partial charge in [-0.1, -0.05) is 47.3 Å². The van der Waals surface area contributed by atoms with E-state index in [2.05, 4.69) is 37.9 Å². The van der Waals surface area contributed by atoms with Crippen LogP contribution in [0, 0.1) is 5.41 Å². The molecule has 1 aromatic carbocycles. The minimum Gasteiger partial charge on any atom is -0.480 e. The lowest BCUT2D eigenvalue weighted by molar-refractivity contribution is -0.138. The number of piperidine rings is 1. The number of hydrogen-bond acceptors (Lipinski definition) is 7. The van der Waals surface area contributed by atoms with Crippen molar-refractivity contribution in [2.24, 2.45) is 10.4 Å². The van der Waals surface area contributed by atoms with E-state index in [1.165, 1.54) is 19.3 Å². The van der Waals surface area contributed by atoms with Gasteiger partial charge in [0.2, 0.25) is 0 Å². The summed E-state index contributed by atoms with van der Waals surface area (Å²) in [7, 11) is 0. The number of fused-ring (bicyclic) bond motifs is 1. The topological polar surface area (TPSA) is 114 Å². The Morgan fingerprint density at radius 2 is 1.75 bits per heavy atom. The van der Waals surface area contributed by atoms with Gasteiger partial charge >= 0.3 is 5.97 Å². The van der Waals surface area contributed by atoms with Crippen molar-refractivity contribution < 1.29 is 14.7 Å². The largest absolute Gasteiger partial charge is 0.480 e. The maximum Gasteiger partial charge on any atom is 0.328 e. The number of carbonyl (C=O) groups excluding carboxylic acids is 1. The standard InChI is InChI=1S/C34H35BrN6O3/c35-28-29(34(30(28)42)15-3-1-4-16-34)38-26(33(43)44)20-22-9-12-24(13-10-22)41-31(39-25-8-7-17-36-32(25)41)23-11-14-27(37-21-23)40-18-5-2-6-19-40/h7-14,17,21,26,28H,1-6,15-16,18-20H2,(H,43,44)/t26-,28?/m0/s1. The number of aromatic nitrogens is 4. The molecular formula is C34H35BrN6O3. The van der Waals surface area contributed by atoms with E-state index in [0.717, 1.165) is 84.8 Å². The van der Waals surface area contributed by atoms with Crippen molar-refractivity contribution in [3.05, 3.63) is 66.5 Å². The molecule has 3 fully saturated rings. The third kappa shape index (κ3) is 5.12. The van der Waals surface area contributed by atoms with Gasteiger partial charge in [-0.15, -0.1) is 0 Å². The molecule has 1 unspecified atom stereocenters. The molecule has 0 radical (unpaired) electrons. The van der Waals surface area contributed by atoms with E-state index in [-0.39, 0.29) is 12.2 Å². The summed E-state index contributed by atoms with van der Waals surface area (Å²) >= 11 is 3.47. The summed E-state index contributed by atoms with van der Waals surface area (Å²) in [6.07, 6.45) is 12.1. The SMILES string of the molecule is O=C(O)[C@H](Cc1ccc(-n2c(-c3ccc(N4CCCCC4)nc3)nc3cccnc32)cc1)N=C1C(Br)C(=O)C12CCCCC2. The van der Waals surface area contributed by atoms with Crippen LogP contribution in [-0.4, -0.2) is 66.0 Å². The van der Waals surface area contributed by atoms with E-state index in [1.807, 2.05) is 47.2 Å². The molecule has 9 nitrogen and oxygen atoms in total. The Labute approximate surface area is 264 Å². The van der Waals surface area contributed by atoms with Gasteiger partial charge in [-0.2, -0.15) is 0 Å². The average molecular weight is 656 g/mol. The number of carboxylic acid groups (broad SMARTS) is 1. The van der Waals surface area contributed by atoms with E-state index < -0.39 is 22.3 Å². The van der Waals surface area contributed by atoms with Crippen molar-refractivity contribution in [1.82, 2.24) is 19.5 Å². The van der Waals surface area contributed by atoms with E-state index in [0.29, 0.717) is 5.71 Å². The van der Waals surface area contributed by atoms with Gasteiger partial charge in [0.25, 0.3) is 0 Å². The van der Waals surface area contributed by atoms with Crippen molar-refractivity contribution in [2.45, 2.75) is 68.7 Å². The van der Waals surface area contributed by atoms with Crippen LogP contribution >= 0.6 is 15.9 Å². The number of aliphatic carboxylic acids is 1. The molecule has 7 rings (SSSR count). The van der Waals surface area contributed by atoms with Gasteiger partial charge in [-0.05, 0) is 74.1 Å². The highest BCUT2D eigenvalue weighted by molar-refractivity contribution is 9.10. The van der Waals surface area contributed by atoms with Gasteiger partial charge in [-0.3, -0.25) is 14.4 Å². The fourth-order valence-electron chi connectivity index (χ4n) is 7.04. The van der Waals surface area contributed by atoms with Crippen LogP contribution in [0.15, 0.2) is 65.9 Å². The number of benzene rings is 1. The van der Waals surface area contributed by atoms with Gasteiger partial charge in [0.15, 0.2) is 17.5 Å². The minimum absolute atomic E-state index is 0.151. The molecule has 0 amide bonds. The number of hydrogen-bond donors (Lipinski definition) is 1. The summed E-state index contributed by atoms with van der Waals surface area (Å²) in [5.74, 6) is 0.897. The van der Waals surface area contributed by atoms with Crippen molar-refractivity contribution in [3.8, 4) is 17.1 Å². The van der Waals surface area contributed by atoms with Crippen LogP contribution in [0.3, 0.4) is 0 Å². The summed E-state index contributed by atoms with van der Waals surface area (Å²) in [6, 6.07) is 14.8. The lowest BCUT2D eigenvalue weighted by atomic mass is 9.58. The molecule has 44 heavy (non-hydrogen) atoms. The summed E-state index contributed by atoms with van der Waals surface area (Å²) < 4.78 is 2.02. The second kappa shape index (κ2) is 11.9. The van der Waals surface area contributed by atoms with Gasteiger partial charge < -0.3 is 10.0 Å². The monoisotopic (exact) mass is 654 g/mol. The predicted molar refractivity (Wildman–Crippen MR) is 174 cm³/mol. The molecule has 2 aliphatic carbocycles. The maximum absolute atomic E-state index is 12.8. The minimum atomic E-state index is -0.987. The van der Waals surface area contributed by atoms with Gasteiger partial charge in [-0.25, -0.2) is 19.7 Å². The Balaban J connectivity index is 1.17. The molecular weight excluding hydrogens is 620 g/mol. The highest BCUT2D eigenvalue weighted by Crippen LogP contribution is 2.49. The van der Waals surface area contributed by atoms with Crippen LogP contribution in [0.4, 0.5) is 5.82 Å². The normalized spacial score (nSPS) is 21.5. The molecule has 2 saturated carbocycles. The van der Waals surface area contributed by atoms with E-state index >= 15 is 0 Å². The second-order valence-electron chi connectivity index (χ2n) is 12.2. The second-order valence-corrected chi connectivity index (χ2v) is 13.1. The Bertz CT molecular complexity index is 1720. The first-order valence-corrected chi connectivity index (χ1v) is 16.5. The molecule has 10 heteroatoms. The first kappa shape index (κ1) is 28.8. The van der Waals surface area contributed by atoms with E-state index in [9.17, 15) is 14.7 Å². The molecule has 1 N–H and O–H groups in total. The fraction of sp³-hybridized carbons (Fsp3) is 0.412. The summed E-state index contributed by atoms with van der Waals surface area (Å²) in [4.78, 5) is 46.1. The summed E-state index contributed by atoms with van der Waals surface area (Å²) in [6.45, 7) is 2.07. The van der Waals surface area contributed by atoms with Crippen molar-refractivity contribution in [1.29, 1.82) is 0 Å². The Morgan fingerprint density at radius 1 is 1.00 bits per heavy atom. The molecule has 4 heterocycles. The Hall–Kier alpha value is -3.92. The van der Waals surface area contributed by atoms with Crippen molar-refractivity contribution >= 4 is 50.4 Å². The number of carbonyl (C=O) groups is 2. The third-order valence-electron chi connectivity index (χ3n) is 9.45. The number of alkyl halides is 1. The first-order chi connectivity index (χ1) is 21.4. The summed E-state index contributed by atoms with van der Waals surface area (Å²) in [5.41, 5.74) is 4.28. The molecule has 3 aliphatic rings. The van der Waals surface area contributed by atoms with E-state index in [1.54, 1.807) is 6.20 Å². The third-order valence-corrected chi connectivity index (χ3v) is 10.3. The van der Waals surface area contributed by atoms with Crippen LogP contribution in [0.25, 0.3) is 28.2 Å². The fourth-order valence-corrected chi connectivity index (χ4v) is 8.04. The van der Waals surface area contributed by atoms with Crippen LogP contribution in [0.5, 0.6) is 0 Å². The zero-order valence-corrected chi connectivity index (χ0v) is 26.1. The zero-order valence-electron chi connectivity index (χ0n) is 24.5. The number of nitrogens with zero attached hydrogens (tertiary/aromatic N) is 6. The quantitative estimate of drug-likeness (QED) is 0.236. The highest BCUT2D eigenvalue weighted by atomic mass is 79.9. The number of halogens is 1. The number of rotatable bonds is 7. The van der Waals surface area contributed by atoms with Gasteiger partial charge in [0.1, 0.15) is 22.0 Å². The maximum atomic E-state index is 12.8. The van der Waals surface area contributed by atoms with Gasteiger partial charge in [0, 0.05) is 48.9 Å². The van der Waals surface area contributed by atoms with Crippen molar-refractivity contribution in [3.63, 3.8) is 0 Å². The number of aliphatic imine (C=N–C) groups is 1. The molecule has 1 spiro atoms. The van der Waals surface area contributed by atoms with Crippen molar-refractivity contribution in [2.75, 3.05) is 18.0 Å². The predicted octanol–water partition coefficient (Wildman–Crippen LogP) is 6.21. The molecule has 4 aromatic rings. The lowest BCUT2D eigenvalue weighted by Crippen LogP contribution is -2.61. The Morgan fingerprint density at radius 3 is 2.45 bits per heavy atom. The molecule has 1 aliphatic heterocycles. The van der Waals surface area contributed by atoms with Crippen LogP contribution in [0.1, 0.15) is 56.9 Å². The highest BCUT2D eigenvalue weighted by Gasteiger charge is 2.58. The van der Waals surface area contributed by atoms with Crippen LogP contribution < -0.4 is 4.90 Å². The Kier molecular flexibility index (Phi) is 7.78. The van der Waals surface area contributed by atoms with E-state index in [4.69, 9.17) is 15.0 Å². The lowest BCUT2D eigenvalue weighted by Gasteiger charge is -2.47. The molecule has 3 aromatic heterocycles. The zero-order chi connectivity index (χ0) is 30.3. The number of Topliss-reactive ketones (excluding diaryl/α,β-unsaturated/α-hetero) is 1. The molecule has 2 atom stereocenters. The number of imidazole rings is 1. The number of pyridine rings is 2. The average Bonchev–Trinajstić information content (AvgIpc) is 3.47. The first-order valence-electron chi connectivity index (χ1n) is 15.6. The van der Waals surface area contributed by atoms with Gasteiger partial charge in [0.05, 0.1) is 5.41 Å². The number of anilines is 1. The van der Waals surface area contributed by atoms with Crippen LogP contribution in [0.2, 0.25) is 0 Å². The number of ketones is 1. The smallest absolute Gasteiger partial charge is 0.328 e. The molecule has 226 valence electrons.